The highest BCUT2D eigenvalue weighted by Crippen LogP contribution is 2.38. The SMILES string of the molecule is COc1cc(OC)c(OC)c(C)c1C=NC(C(C)C)C(C)C. The minimum atomic E-state index is 0.275. The van der Waals surface area contributed by atoms with Crippen LogP contribution in [0.2, 0.25) is 0 Å². The second-order valence-electron chi connectivity index (χ2n) is 6.11. The van der Waals surface area contributed by atoms with Crippen LogP contribution in [0, 0.1) is 18.8 Å². The van der Waals surface area contributed by atoms with Gasteiger partial charge >= 0.3 is 0 Å². The highest BCUT2D eigenvalue weighted by molar-refractivity contribution is 5.88. The summed E-state index contributed by atoms with van der Waals surface area (Å²) in [7, 11) is 4.92. The Morgan fingerprint density at radius 2 is 1.45 bits per heavy atom. The maximum absolute atomic E-state index is 5.49. The average molecular weight is 307 g/mol. The third kappa shape index (κ3) is 3.93. The molecule has 0 bridgehead atoms. The summed E-state index contributed by atoms with van der Waals surface area (Å²) in [6, 6.07) is 2.12. The van der Waals surface area contributed by atoms with Gasteiger partial charge in [0.05, 0.1) is 27.4 Å². The van der Waals surface area contributed by atoms with Crippen molar-refractivity contribution in [3.63, 3.8) is 0 Å². The van der Waals surface area contributed by atoms with E-state index in [0.29, 0.717) is 17.6 Å². The molecule has 0 unspecified atom stereocenters. The van der Waals surface area contributed by atoms with Crippen molar-refractivity contribution in [3.05, 3.63) is 17.2 Å². The average Bonchev–Trinajstić information content (AvgIpc) is 2.47. The fourth-order valence-electron chi connectivity index (χ4n) is 2.76. The van der Waals surface area contributed by atoms with Crippen LogP contribution in [-0.2, 0) is 0 Å². The lowest BCUT2D eigenvalue weighted by atomic mass is 9.94. The van der Waals surface area contributed by atoms with Gasteiger partial charge in [0, 0.05) is 23.4 Å². The smallest absolute Gasteiger partial charge is 0.164 e. The molecule has 4 nitrogen and oxygen atoms in total. The van der Waals surface area contributed by atoms with Gasteiger partial charge < -0.3 is 14.2 Å². The van der Waals surface area contributed by atoms with Crippen molar-refractivity contribution in [1.29, 1.82) is 0 Å². The molecule has 0 saturated carbocycles. The summed E-state index contributed by atoms with van der Waals surface area (Å²) in [4.78, 5) is 4.79. The van der Waals surface area contributed by atoms with Crippen molar-refractivity contribution in [2.24, 2.45) is 16.8 Å². The van der Waals surface area contributed by atoms with Gasteiger partial charge in [-0.1, -0.05) is 27.7 Å². The largest absolute Gasteiger partial charge is 0.496 e. The molecule has 0 spiro atoms. The number of nitrogens with zero attached hydrogens (tertiary/aromatic N) is 1. The minimum Gasteiger partial charge on any atom is -0.496 e. The van der Waals surface area contributed by atoms with Crippen LogP contribution in [0.3, 0.4) is 0 Å². The first kappa shape index (κ1) is 18.3. The number of methoxy groups -OCH3 is 3. The number of hydrogen-bond acceptors (Lipinski definition) is 4. The van der Waals surface area contributed by atoms with Gasteiger partial charge in [-0.2, -0.15) is 0 Å². The third-order valence-corrected chi connectivity index (χ3v) is 3.88. The Hall–Kier alpha value is -1.71. The number of benzene rings is 1. The molecule has 0 aliphatic rings. The molecule has 0 N–H and O–H groups in total. The van der Waals surface area contributed by atoms with Crippen molar-refractivity contribution >= 4 is 6.21 Å². The molecule has 124 valence electrons. The van der Waals surface area contributed by atoms with Gasteiger partial charge in [0.1, 0.15) is 5.75 Å². The molecule has 0 radical (unpaired) electrons. The second kappa shape index (κ2) is 8.06. The van der Waals surface area contributed by atoms with E-state index < -0.39 is 0 Å². The van der Waals surface area contributed by atoms with Crippen molar-refractivity contribution in [2.75, 3.05) is 21.3 Å². The molecule has 1 aromatic rings. The predicted octanol–water partition coefficient (Wildman–Crippen LogP) is 4.12. The van der Waals surface area contributed by atoms with Gasteiger partial charge in [-0.25, -0.2) is 0 Å². The molecule has 0 saturated heterocycles. The second-order valence-corrected chi connectivity index (χ2v) is 6.11. The summed E-state index contributed by atoms with van der Waals surface area (Å²) in [5, 5.41) is 0. The minimum absolute atomic E-state index is 0.275. The van der Waals surface area contributed by atoms with Gasteiger partial charge in [0.2, 0.25) is 0 Å². The van der Waals surface area contributed by atoms with Gasteiger partial charge in [0.25, 0.3) is 0 Å². The lowest BCUT2D eigenvalue weighted by Crippen LogP contribution is -2.20. The van der Waals surface area contributed by atoms with Crippen molar-refractivity contribution in [2.45, 2.75) is 40.7 Å². The van der Waals surface area contributed by atoms with Crippen LogP contribution in [0.5, 0.6) is 17.2 Å². The molecular weight excluding hydrogens is 278 g/mol. The van der Waals surface area contributed by atoms with E-state index >= 15 is 0 Å². The molecule has 0 atom stereocenters. The van der Waals surface area contributed by atoms with Crippen molar-refractivity contribution in [3.8, 4) is 17.2 Å². The highest BCUT2D eigenvalue weighted by Gasteiger charge is 2.18. The van der Waals surface area contributed by atoms with Crippen LogP contribution in [-0.4, -0.2) is 33.6 Å². The summed E-state index contributed by atoms with van der Waals surface area (Å²) < 4.78 is 16.3. The molecule has 0 heterocycles. The molecule has 4 heteroatoms. The molecule has 22 heavy (non-hydrogen) atoms. The van der Waals surface area contributed by atoms with Gasteiger partial charge in [-0.3, -0.25) is 4.99 Å². The van der Waals surface area contributed by atoms with E-state index in [1.54, 1.807) is 21.3 Å². The Morgan fingerprint density at radius 1 is 0.909 bits per heavy atom. The standard InChI is InChI=1S/C18H29NO3/c1-11(2)17(12(3)4)19-10-14-13(5)18(22-8)16(21-7)9-15(14)20-6/h9-12,17H,1-8H3. The molecule has 0 aliphatic carbocycles. The van der Waals surface area contributed by atoms with E-state index in [4.69, 9.17) is 19.2 Å². The number of aliphatic imine (C=N–C) groups is 1. The summed E-state index contributed by atoms with van der Waals surface area (Å²) in [5.41, 5.74) is 1.90. The third-order valence-electron chi connectivity index (χ3n) is 3.88. The van der Waals surface area contributed by atoms with Gasteiger partial charge in [-0.05, 0) is 18.8 Å². The van der Waals surface area contributed by atoms with E-state index in [-0.39, 0.29) is 6.04 Å². The first-order valence-electron chi connectivity index (χ1n) is 7.70. The first-order valence-corrected chi connectivity index (χ1v) is 7.70. The molecule has 1 rings (SSSR count). The number of ether oxygens (including phenoxy) is 3. The van der Waals surface area contributed by atoms with E-state index in [0.717, 1.165) is 22.6 Å². The number of rotatable bonds is 7. The van der Waals surface area contributed by atoms with Gasteiger partial charge in [0.15, 0.2) is 11.5 Å². The number of hydrogen-bond donors (Lipinski definition) is 0. The molecule has 0 amide bonds. The Bertz CT molecular complexity index is 514. The van der Waals surface area contributed by atoms with Crippen LogP contribution in [0.1, 0.15) is 38.8 Å². The van der Waals surface area contributed by atoms with Crippen LogP contribution >= 0.6 is 0 Å². The van der Waals surface area contributed by atoms with Crippen LogP contribution in [0.4, 0.5) is 0 Å². The zero-order chi connectivity index (χ0) is 16.9. The topological polar surface area (TPSA) is 40.0 Å². The maximum atomic E-state index is 5.49. The van der Waals surface area contributed by atoms with E-state index in [9.17, 15) is 0 Å². The van der Waals surface area contributed by atoms with E-state index in [1.165, 1.54) is 0 Å². The zero-order valence-corrected chi connectivity index (χ0v) is 15.1. The maximum Gasteiger partial charge on any atom is 0.164 e. The molecule has 1 aromatic carbocycles. The first-order chi connectivity index (χ1) is 10.4. The molecule has 0 aromatic heterocycles. The summed E-state index contributed by atoms with van der Waals surface area (Å²) in [5.74, 6) is 3.10. The Balaban J connectivity index is 3.34. The summed E-state index contributed by atoms with van der Waals surface area (Å²) in [6.45, 7) is 10.8. The highest BCUT2D eigenvalue weighted by atomic mass is 16.5. The van der Waals surface area contributed by atoms with Crippen LogP contribution in [0.25, 0.3) is 0 Å². The Labute approximate surface area is 134 Å². The lowest BCUT2D eigenvalue weighted by Gasteiger charge is -2.21. The zero-order valence-electron chi connectivity index (χ0n) is 15.1. The monoisotopic (exact) mass is 307 g/mol. The predicted molar refractivity (Wildman–Crippen MR) is 91.9 cm³/mol. The van der Waals surface area contributed by atoms with Gasteiger partial charge in [-0.15, -0.1) is 0 Å². The Morgan fingerprint density at radius 3 is 1.86 bits per heavy atom. The summed E-state index contributed by atoms with van der Waals surface area (Å²) in [6.07, 6.45) is 1.90. The molecule has 0 fully saturated rings. The quantitative estimate of drug-likeness (QED) is 0.711. The van der Waals surface area contributed by atoms with Crippen molar-refractivity contribution < 1.29 is 14.2 Å². The fraction of sp³-hybridized carbons (Fsp3) is 0.611. The van der Waals surface area contributed by atoms with Crippen LogP contribution in [0.15, 0.2) is 11.1 Å². The van der Waals surface area contributed by atoms with E-state index in [1.807, 2.05) is 19.2 Å². The summed E-state index contributed by atoms with van der Waals surface area (Å²) >= 11 is 0. The Kier molecular flexibility index (Phi) is 6.72. The fourth-order valence-corrected chi connectivity index (χ4v) is 2.76. The van der Waals surface area contributed by atoms with E-state index in [2.05, 4.69) is 27.7 Å². The lowest BCUT2D eigenvalue weighted by molar-refractivity contribution is 0.346. The van der Waals surface area contributed by atoms with Crippen molar-refractivity contribution in [1.82, 2.24) is 0 Å². The molecule has 0 aliphatic heterocycles. The van der Waals surface area contributed by atoms with Crippen LogP contribution < -0.4 is 14.2 Å². The normalized spacial score (nSPS) is 11.8. The molecular formula is C18H29NO3.